The second kappa shape index (κ2) is 11.5. The lowest BCUT2D eigenvalue weighted by Gasteiger charge is -2.35. The molecule has 0 aromatic heterocycles. The van der Waals surface area contributed by atoms with Gasteiger partial charge in [0.1, 0.15) is 18.7 Å². The van der Waals surface area contributed by atoms with E-state index >= 15 is 0 Å². The van der Waals surface area contributed by atoms with Gasteiger partial charge in [0, 0.05) is 49.9 Å². The first-order chi connectivity index (χ1) is 18.0. The number of carbonyl (C=O) groups is 3. The van der Waals surface area contributed by atoms with Crippen LogP contribution in [0.4, 0.5) is 5.69 Å². The third-order valence-corrected chi connectivity index (χ3v) is 8.97. The number of ketones is 1. The summed E-state index contributed by atoms with van der Waals surface area (Å²) in [5, 5.41) is 3.10. The van der Waals surface area contributed by atoms with Crippen molar-refractivity contribution in [2.45, 2.75) is 70.6 Å². The SMILES string of the molecule is CCC[C@H]1CN(C(=O)[C@@H](NC(=O)c2ccc(N3CCN(CC)CC3)cc2)C2CCCC2)[C@@H]2C(=O)CO[C@H]12. The van der Waals surface area contributed by atoms with Gasteiger partial charge in [0.25, 0.3) is 5.91 Å². The van der Waals surface area contributed by atoms with Gasteiger partial charge in [-0.05, 0) is 56.0 Å². The van der Waals surface area contributed by atoms with E-state index < -0.39 is 12.1 Å². The maximum absolute atomic E-state index is 13.9. The van der Waals surface area contributed by atoms with E-state index in [1.54, 1.807) is 4.90 Å². The number of amides is 2. The zero-order valence-corrected chi connectivity index (χ0v) is 22.4. The summed E-state index contributed by atoms with van der Waals surface area (Å²) in [5.74, 6) is -0.0619. The van der Waals surface area contributed by atoms with Crippen LogP contribution in [0.2, 0.25) is 0 Å². The molecule has 4 aliphatic rings. The molecule has 2 amide bonds. The van der Waals surface area contributed by atoms with Crippen molar-refractivity contribution < 1.29 is 19.1 Å². The van der Waals surface area contributed by atoms with Gasteiger partial charge >= 0.3 is 0 Å². The lowest BCUT2D eigenvalue weighted by atomic mass is 9.95. The van der Waals surface area contributed by atoms with Crippen LogP contribution < -0.4 is 10.2 Å². The molecule has 3 saturated heterocycles. The van der Waals surface area contributed by atoms with Gasteiger partial charge in [-0.3, -0.25) is 14.4 Å². The first kappa shape index (κ1) is 26.2. The summed E-state index contributed by atoms with van der Waals surface area (Å²) in [5.41, 5.74) is 1.69. The van der Waals surface area contributed by atoms with Gasteiger partial charge in [-0.25, -0.2) is 0 Å². The number of hydrogen-bond donors (Lipinski definition) is 1. The highest BCUT2D eigenvalue weighted by molar-refractivity contribution is 5.99. The number of nitrogens with one attached hydrogen (secondary N) is 1. The molecule has 202 valence electrons. The van der Waals surface area contributed by atoms with Crippen molar-refractivity contribution >= 4 is 23.3 Å². The first-order valence-electron chi connectivity index (χ1n) is 14.3. The maximum Gasteiger partial charge on any atom is 0.251 e. The molecule has 0 bridgehead atoms. The quantitative estimate of drug-likeness (QED) is 0.579. The van der Waals surface area contributed by atoms with Crippen LogP contribution in [0.15, 0.2) is 24.3 Å². The molecule has 1 aromatic rings. The highest BCUT2D eigenvalue weighted by Crippen LogP contribution is 2.36. The van der Waals surface area contributed by atoms with E-state index in [1.165, 1.54) is 0 Å². The van der Waals surface area contributed by atoms with E-state index in [9.17, 15) is 14.4 Å². The number of likely N-dealkylation sites (tertiary alicyclic amines) is 1. The molecular formula is C29H42N4O4. The zero-order chi connectivity index (χ0) is 25.9. The maximum atomic E-state index is 13.9. The van der Waals surface area contributed by atoms with Gasteiger partial charge in [0.2, 0.25) is 5.91 Å². The fourth-order valence-electron chi connectivity index (χ4n) is 6.83. The third-order valence-electron chi connectivity index (χ3n) is 8.97. The Morgan fingerprint density at radius 3 is 2.41 bits per heavy atom. The molecule has 8 nitrogen and oxygen atoms in total. The molecule has 3 aliphatic heterocycles. The summed E-state index contributed by atoms with van der Waals surface area (Å²) >= 11 is 0. The second-order valence-electron chi connectivity index (χ2n) is 11.2. The number of rotatable bonds is 8. The zero-order valence-electron chi connectivity index (χ0n) is 22.4. The highest BCUT2D eigenvalue weighted by atomic mass is 16.5. The smallest absolute Gasteiger partial charge is 0.251 e. The lowest BCUT2D eigenvalue weighted by Crippen LogP contribution is -2.54. The molecular weight excluding hydrogens is 468 g/mol. The van der Waals surface area contributed by atoms with Crippen LogP contribution in [0.3, 0.4) is 0 Å². The summed E-state index contributed by atoms with van der Waals surface area (Å²) in [6.45, 7) is 10.1. The number of Topliss-reactive ketones (excluding diaryl/α,β-unsaturated/α-hetero) is 1. The van der Waals surface area contributed by atoms with Gasteiger partial charge in [0.15, 0.2) is 5.78 Å². The summed E-state index contributed by atoms with van der Waals surface area (Å²) in [4.78, 5) is 46.5. The van der Waals surface area contributed by atoms with Crippen LogP contribution in [-0.4, -0.2) is 91.5 Å². The molecule has 4 fully saturated rings. The number of likely N-dealkylation sites (N-methyl/N-ethyl adjacent to an activating group) is 1. The van der Waals surface area contributed by atoms with E-state index in [1.807, 2.05) is 24.3 Å². The van der Waals surface area contributed by atoms with Crippen molar-refractivity contribution in [2.24, 2.45) is 11.8 Å². The average Bonchev–Trinajstić information content (AvgIpc) is 3.67. The van der Waals surface area contributed by atoms with Crippen molar-refractivity contribution in [1.29, 1.82) is 0 Å². The first-order valence-corrected chi connectivity index (χ1v) is 14.3. The molecule has 0 radical (unpaired) electrons. The molecule has 5 rings (SSSR count). The summed E-state index contributed by atoms with van der Waals surface area (Å²) in [7, 11) is 0. The summed E-state index contributed by atoms with van der Waals surface area (Å²) < 4.78 is 5.83. The fourth-order valence-corrected chi connectivity index (χ4v) is 6.83. The Bertz CT molecular complexity index is 969. The fraction of sp³-hybridized carbons (Fsp3) is 0.690. The van der Waals surface area contributed by atoms with Crippen molar-refractivity contribution in [3.8, 4) is 0 Å². The molecule has 3 heterocycles. The van der Waals surface area contributed by atoms with Crippen LogP contribution in [-0.2, 0) is 14.3 Å². The lowest BCUT2D eigenvalue weighted by molar-refractivity contribution is -0.139. The number of fused-ring (bicyclic) bond motifs is 1. The number of piperazine rings is 1. The minimum absolute atomic E-state index is 0.0104. The largest absolute Gasteiger partial charge is 0.369 e. The van der Waals surface area contributed by atoms with E-state index in [4.69, 9.17) is 4.74 Å². The Kier molecular flexibility index (Phi) is 8.15. The Morgan fingerprint density at radius 2 is 1.76 bits per heavy atom. The van der Waals surface area contributed by atoms with Crippen LogP contribution in [0.25, 0.3) is 0 Å². The Balaban J connectivity index is 1.29. The Hall–Kier alpha value is -2.45. The van der Waals surface area contributed by atoms with Crippen LogP contribution in [0, 0.1) is 11.8 Å². The predicted octanol–water partition coefficient (Wildman–Crippen LogP) is 2.71. The van der Waals surface area contributed by atoms with Crippen LogP contribution in [0.5, 0.6) is 0 Å². The van der Waals surface area contributed by atoms with Crippen LogP contribution in [0.1, 0.15) is 62.7 Å². The molecule has 1 saturated carbocycles. The molecule has 1 aromatic carbocycles. The Labute approximate surface area is 220 Å². The second-order valence-corrected chi connectivity index (χ2v) is 11.2. The highest BCUT2D eigenvalue weighted by Gasteiger charge is 2.53. The van der Waals surface area contributed by atoms with Gasteiger partial charge in [-0.15, -0.1) is 0 Å². The topological polar surface area (TPSA) is 82.2 Å². The number of benzene rings is 1. The molecule has 1 aliphatic carbocycles. The van der Waals surface area contributed by atoms with Gasteiger partial charge in [-0.2, -0.15) is 0 Å². The number of nitrogens with zero attached hydrogens (tertiary/aromatic N) is 3. The minimum atomic E-state index is -0.605. The molecule has 8 heteroatoms. The van der Waals surface area contributed by atoms with Gasteiger partial charge in [-0.1, -0.05) is 33.1 Å². The standard InChI is InChI=1S/C29H42N4O4/c1-3-7-22-18-33(26-24(34)19-37-27(22)26)29(36)25(20-8-5-6-9-20)30-28(35)21-10-12-23(13-11-21)32-16-14-31(4-2)15-17-32/h10-13,20,22,25-27H,3-9,14-19H2,1-2H3,(H,30,35)/t22-,25-,26+,27+/m0/s1. The molecule has 1 N–H and O–H groups in total. The molecule has 0 spiro atoms. The van der Waals surface area contributed by atoms with Gasteiger partial charge in [0.05, 0.1) is 6.10 Å². The van der Waals surface area contributed by atoms with E-state index in [0.29, 0.717) is 12.1 Å². The predicted molar refractivity (Wildman–Crippen MR) is 143 cm³/mol. The van der Waals surface area contributed by atoms with E-state index in [-0.39, 0.29) is 42.1 Å². The normalized spacial score (nSPS) is 27.5. The average molecular weight is 511 g/mol. The molecule has 4 atom stereocenters. The number of carbonyl (C=O) groups excluding carboxylic acids is 3. The molecule has 37 heavy (non-hydrogen) atoms. The minimum Gasteiger partial charge on any atom is -0.369 e. The number of ether oxygens (including phenoxy) is 1. The number of anilines is 1. The monoisotopic (exact) mass is 510 g/mol. The van der Waals surface area contributed by atoms with Gasteiger partial charge < -0.3 is 24.8 Å². The van der Waals surface area contributed by atoms with Crippen molar-refractivity contribution in [2.75, 3.05) is 50.8 Å². The van der Waals surface area contributed by atoms with E-state index in [2.05, 4.69) is 29.0 Å². The number of hydrogen-bond acceptors (Lipinski definition) is 6. The summed E-state index contributed by atoms with van der Waals surface area (Å²) in [6.07, 6.45) is 5.68. The Morgan fingerprint density at radius 1 is 1.05 bits per heavy atom. The summed E-state index contributed by atoms with van der Waals surface area (Å²) in [6, 6.07) is 6.65. The van der Waals surface area contributed by atoms with Crippen LogP contribution >= 0.6 is 0 Å². The third kappa shape index (κ3) is 5.41. The van der Waals surface area contributed by atoms with Crippen molar-refractivity contribution in [1.82, 2.24) is 15.1 Å². The van der Waals surface area contributed by atoms with Crippen molar-refractivity contribution in [3.63, 3.8) is 0 Å². The van der Waals surface area contributed by atoms with Crippen molar-refractivity contribution in [3.05, 3.63) is 29.8 Å². The van der Waals surface area contributed by atoms with E-state index in [0.717, 1.165) is 76.9 Å². The molecule has 0 unspecified atom stereocenters.